The molecule has 1 aromatic rings. The topological polar surface area (TPSA) is 28.7 Å². The minimum atomic E-state index is 0.715. The number of aromatic amines is 1. The minimum absolute atomic E-state index is 0.715. The Morgan fingerprint density at radius 3 is 2.44 bits per heavy atom. The summed E-state index contributed by atoms with van der Waals surface area (Å²) in [5, 5.41) is 0. The summed E-state index contributed by atoms with van der Waals surface area (Å²) in [4.78, 5) is 7.04. The lowest BCUT2D eigenvalue weighted by Crippen LogP contribution is -1.75. The van der Waals surface area contributed by atoms with Crippen LogP contribution in [0.15, 0.2) is 0 Å². The Kier molecular flexibility index (Phi) is 1.27. The van der Waals surface area contributed by atoms with E-state index < -0.39 is 0 Å². The highest BCUT2D eigenvalue weighted by molar-refractivity contribution is 5.29. The molecule has 0 bridgehead atoms. The van der Waals surface area contributed by atoms with Gasteiger partial charge in [-0.1, -0.05) is 0 Å². The van der Waals surface area contributed by atoms with E-state index in [9.17, 15) is 0 Å². The molecule has 1 N–H and O–H groups in total. The molecule has 0 saturated carbocycles. The molecular formula is C7H8N2. The van der Waals surface area contributed by atoms with E-state index in [0.29, 0.717) is 5.69 Å². The number of hydrogen-bond donors (Lipinski definition) is 1. The molecular weight excluding hydrogens is 112 g/mol. The van der Waals surface area contributed by atoms with Crippen molar-refractivity contribution in [1.82, 2.24) is 9.97 Å². The first kappa shape index (κ1) is 5.90. The van der Waals surface area contributed by atoms with E-state index in [4.69, 9.17) is 6.42 Å². The van der Waals surface area contributed by atoms with Gasteiger partial charge in [0, 0.05) is 5.69 Å². The number of aryl methyl sites for hydroxylation is 2. The third kappa shape index (κ3) is 0.945. The Morgan fingerprint density at radius 2 is 2.22 bits per heavy atom. The zero-order chi connectivity index (χ0) is 6.85. The van der Waals surface area contributed by atoms with Crippen LogP contribution in [-0.2, 0) is 0 Å². The first-order valence-corrected chi connectivity index (χ1v) is 2.74. The van der Waals surface area contributed by atoms with Crippen LogP contribution in [0.25, 0.3) is 0 Å². The highest BCUT2D eigenvalue weighted by Crippen LogP contribution is 2.00. The highest BCUT2D eigenvalue weighted by Gasteiger charge is 1.97. The fraction of sp³-hybridized carbons (Fsp3) is 0.286. The maximum atomic E-state index is 5.13. The number of rotatable bonds is 0. The summed E-state index contributed by atoms with van der Waals surface area (Å²) < 4.78 is 0. The van der Waals surface area contributed by atoms with Gasteiger partial charge in [-0.15, -0.1) is 6.42 Å². The van der Waals surface area contributed by atoms with E-state index >= 15 is 0 Å². The van der Waals surface area contributed by atoms with Crippen LogP contribution >= 0.6 is 0 Å². The number of aromatic nitrogens is 2. The second kappa shape index (κ2) is 1.94. The molecule has 0 atom stereocenters. The average molecular weight is 120 g/mol. The molecule has 0 saturated heterocycles. The molecule has 0 aromatic carbocycles. The number of nitrogens with one attached hydrogen (secondary N) is 1. The van der Waals surface area contributed by atoms with Gasteiger partial charge in [0.1, 0.15) is 11.5 Å². The Hall–Kier alpha value is -1.23. The van der Waals surface area contributed by atoms with Gasteiger partial charge in [-0.25, -0.2) is 4.98 Å². The third-order valence-corrected chi connectivity index (χ3v) is 1.14. The van der Waals surface area contributed by atoms with Gasteiger partial charge in [0.25, 0.3) is 0 Å². The molecule has 0 aliphatic carbocycles. The van der Waals surface area contributed by atoms with Gasteiger partial charge in [-0.3, -0.25) is 0 Å². The zero-order valence-corrected chi connectivity index (χ0v) is 5.52. The largest absolute Gasteiger partial charge is 0.345 e. The van der Waals surface area contributed by atoms with Crippen molar-refractivity contribution in [1.29, 1.82) is 0 Å². The first-order chi connectivity index (χ1) is 4.24. The Morgan fingerprint density at radius 1 is 1.56 bits per heavy atom. The lowest BCUT2D eigenvalue weighted by Gasteiger charge is -1.78. The maximum absolute atomic E-state index is 5.13. The summed E-state index contributed by atoms with van der Waals surface area (Å²) in [6.07, 6.45) is 5.13. The zero-order valence-electron chi connectivity index (χ0n) is 5.52. The molecule has 2 nitrogen and oxygen atoms in total. The molecule has 0 aliphatic rings. The van der Waals surface area contributed by atoms with Crippen LogP contribution in [0.1, 0.15) is 17.2 Å². The van der Waals surface area contributed by atoms with Crippen molar-refractivity contribution in [3.05, 3.63) is 17.2 Å². The van der Waals surface area contributed by atoms with Gasteiger partial charge in [0.05, 0.1) is 0 Å². The summed E-state index contributed by atoms with van der Waals surface area (Å²) in [7, 11) is 0. The average Bonchev–Trinajstić information content (AvgIpc) is 2.10. The highest BCUT2D eigenvalue weighted by atomic mass is 14.9. The molecule has 2 heteroatoms. The first-order valence-electron chi connectivity index (χ1n) is 2.74. The summed E-state index contributed by atoms with van der Waals surface area (Å²) in [5.41, 5.74) is 1.68. The van der Waals surface area contributed by atoms with Gasteiger partial charge in [0.2, 0.25) is 0 Å². The Bertz CT molecular complexity index is 252. The lowest BCUT2D eigenvalue weighted by molar-refractivity contribution is 1.13. The van der Waals surface area contributed by atoms with Crippen molar-refractivity contribution in [2.45, 2.75) is 13.8 Å². The predicted octanol–water partition coefficient (Wildman–Crippen LogP) is 1.01. The van der Waals surface area contributed by atoms with E-state index in [1.807, 2.05) is 13.8 Å². The standard InChI is InChI=1S/C7H8N2/c1-4-7-5(2)8-6(3)9-7/h1H,2-3H3,(H,8,9). The SMILES string of the molecule is C#Cc1nc(C)[nH]c1C. The minimum Gasteiger partial charge on any atom is -0.345 e. The molecule has 0 fully saturated rings. The molecule has 1 heterocycles. The number of hydrogen-bond acceptors (Lipinski definition) is 1. The van der Waals surface area contributed by atoms with Crippen molar-refractivity contribution in [2.75, 3.05) is 0 Å². The Labute approximate surface area is 54.3 Å². The van der Waals surface area contributed by atoms with E-state index in [-0.39, 0.29) is 0 Å². The molecule has 1 aromatic heterocycles. The second-order valence-corrected chi connectivity index (χ2v) is 1.94. The Balaban J connectivity index is 3.20. The van der Waals surface area contributed by atoms with E-state index in [0.717, 1.165) is 11.5 Å². The van der Waals surface area contributed by atoms with E-state index in [1.54, 1.807) is 0 Å². The molecule has 0 aliphatic heterocycles. The normalized spacial score (nSPS) is 9.00. The van der Waals surface area contributed by atoms with Gasteiger partial charge in [-0.05, 0) is 19.8 Å². The van der Waals surface area contributed by atoms with Crippen LogP contribution < -0.4 is 0 Å². The van der Waals surface area contributed by atoms with Crippen LogP contribution in [0.4, 0.5) is 0 Å². The van der Waals surface area contributed by atoms with Crippen LogP contribution in [0, 0.1) is 26.2 Å². The maximum Gasteiger partial charge on any atom is 0.133 e. The smallest absolute Gasteiger partial charge is 0.133 e. The second-order valence-electron chi connectivity index (χ2n) is 1.94. The molecule has 9 heavy (non-hydrogen) atoms. The molecule has 0 spiro atoms. The molecule has 0 amide bonds. The van der Waals surface area contributed by atoms with Gasteiger partial charge in [0.15, 0.2) is 0 Å². The van der Waals surface area contributed by atoms with E-state index in [2.05, 4.69) is 15.9 Å². The quantitative estimate of drug-likeness (QED) is 0.508. The van der Waals surface area contributed by atoms with Gasteiger partial charge < -0.3 is 4.98 Å². The monoisotopic (exact) mass is 120 g/mol. The summed E-state index contributed by atoms with van der Waals surface area (Å²) in [5.74, 6) is 3.35. The molecule has 1 rings (SSSR count). The van der Waals surface area contributed by atoms with Crippen molar-refractivity contribution >= 4 is 0 Å². The predicted molar refractivity (Wildman–Crippen MR) is 36.0 cm³/mol. The fourth-order valence-electron chi connectivity index (χ4n) is 0.751. The van der Waals surface area contributed by atoms with Crippen LogP contribution in [0.5, 0.6) is 0 Å². The van der Waals surface area contributed by atoms with Gasteiger partial charge in [-0.2, -0.15) is 0 Å². The van der Waals surface area contributed by atoms with Crippen molar-refractivity contribution in [3.8, 4) is 12.3 Å². The number of H-pyrrole nitrogens is 1. The summed E-state index contributed by atoms with van der Waals surface area (Å²) in [6.45, 7) is 3.79. The fourth-order valence-corrected chi connectivity index (χ4v) is 0.751. The number of nitrogens with zero attached hydrogens (tertiary/aromatic N) is 1. The number of terminal acetylenes is 1. The summed E-state index contributed by atoms with van der Waals surface area (Å²) in [6, 6.07) is 0. The van der Waals surface area contributed by atoms with Gasteiger partial charge >= 0.3 is 0 Å². The van der Waals surface area contributed by atoms with Crippen molar-refractivity contribution in [2.24, 2.45) is 0 Å². The van der Waals surface area contributed by atoms with Crippen LogP contribution in [-0.4, -0.2) is 9.97 Å². The summed E-state index contributed by atoms with van der Waals surface area (Å²) >= 11 is 0. The van der Waals surface area contributed by atoms with E-state index in [1.165, 1.54) is 0 Å². The van der Waals surface area contributed by atoms with Crippen molar-refractivity contribution < 1.29 is 0 Å². The third-order valence-electron chi connectivity index (χ3n) is 1.14. The molecule has 0 unspecified atom stereocenters. The van der Waals surface area contributed by atoms with Crippen LogP contribution in [0.2, 0.25) is 0 Å². The van der Waals surface area contributed by atoms with Crippen LogP contribution in [0.3, 0.4) is 0 Å². The number of imidazole rings is 1. The van der Waals surface area contributed by atoms with Crippen molar-refractivity contribution in [3.63, 3.8) is 0 Å². The molecule has 0 radical (unpaired) electrons. The molecule has 46 valence electrons. The lowest BCUT2D eigenvalue weighted by atomic mass is 10.4.